The Balaban J connectivity index is 2.70. The highest BCUT2D eigenvalue weighted by Gasteiger charge is 2.39. The van der Waals surface area contributed by atoms with Gasteiger partial charge in [0.25, 0.3) is 0 Å². The summed E-state index contributed by atoms with van der Waals surface area (Å²) in [5, 5.41) is 0. The van der Waals surface area contributed by atoms with Gasteiger partial charge in [0.05, 0.1) is 6.04 Å². The molecule has 1 aliphatic heterocycles. The number of rotatable bonds is 2. The van der Waals surface area contributed by atoms with Gasteiger partial charge in [0.1, 0.15) is 18.5 Å². The number of amides is 1. The Morgan fingerprint density at radius 2 is 2.06 bits per heavy atom. The highest BCUT2D eigenvalue weighted by atomic mass is 19.1. The normalized spacial score (nSPS) is 25.9. The molecule has 0 N–H and O–H groups in total. The fourth-order valence-electron chi connectivity index (χ4n) is 1.81. The van der Waals surface area contributed by atoms with Crippen LogP contribution in [0.4, 0.5) is 9.18 Å². The molecule has 0 spiro atoms. The van der Waals surface area contributed by atoms with Gasteiger partial charge in [-0.05, 0) is 33.6 Å². The van der Waals surface area contributed by atoms with E-state index in [1.807, 2.05) is 0 Å². The molecule has 0 aromatic carbocycles. The van der Waals surface area contributed by atoms with E-state index in [1.54, 1.807) is 20.8 Å². The Hall–Kier alpha value is -0.840. The number of nitrogens with zero attached hydrogens (tertiary/aromatic N) is 1. The Bertz CT molecular complexity index is 240. The molecule has 1 rings (SSSR count). The van der Waals surface area contributed by atoms with Crippen LogP contribution in [-0.2, 0) is 9.47 Å². The van der Waals surface area contributed by atoms with Gasteiger partial charge in [0.15, 0.2) is 0 Å². The topological polar surface area (TPSA) is 38.8 Å². The van der Waals surface area contributed by atoms with Crippen LogP contribution in [0, 0.1) is 0 Å². The lowest BCUT2D eigenvalue weighted by Crippen LogP contribution is -2.45. The number of hydrogen-bond donors (Lipinski definition) is 0. The molecule has 0 aliphatic carbocycles. The zero-order chi connectivity index (χ0) is 12.3. The van der Waals surface area contributed by atoms with Crippen molar-refractivity contribution in [2.75, 3.05) is 13.8 Å². The molecule has 0 saturated carbocycles. The van der Waals surface area contributed by atoms with Crippen molar-refractivity contribution in [1.29, 1.82) is 0 Å². The van der Waals surface area contributed by atoms with Crippen molar-refractivity contribution in [1.82, 2.24) is 4.90 Å². The standard InChI is InChI=1S/C11H20FNO3/c1-11(2,3)16-10(14)13-8(7-12)5-6-9(13)15-4/h8-9H,5-7H2,1-4H3/t8-,9?/m1/s1. The molecule has 1 aliphatic rings. The smallest absolute Gasteiger partial charge is 0.412 e. The van der Waals surface area contributed by atoms with Crippen LogP contribution in [0.5, 0.6) is 0 Å². The zero-order valence-electron chi connectivity index (χ0n) is 10.3. The quantitative estimate of drug-likeness (QED) is 0.734. The first kappa shape index (κ1) is 13.2. The van der Waals surface area contributed by atoms with Crippen LogP contribution in [0.25, 0.3) is 0 Å². The van der Waals surface area contributed by atoms with Crippen molar-refractivity contribution in [3.63, 3.8) is 0 Å². The summed E-state index contributed by atoms with van der Waals surface area (Å²) in [5.74, 6) is 0. The summed E-state index contributed by atoms with van der Waals surface area (Å²) in [6, 6.07) is -0.417. The van der Waals surface area contributed by atoms with Crippen molar-refractivity contribution in [2.45, 2.75) is 51.5 Å². The van der Waals surface area contributed by atoms with Crippen LogP contribution < -0.4 is 0 Å². The molecule has 1 saturated heterocycles. The number of hydrogen-bond acceptors (Lipinski definition) is 3. The first-order chi connectivity index (χ1) is 7.39. The van der Waals surface area contributed by atoms with Crippen LogP contribution >= 0.6 is 0 Å². The zero-order valence-corrected chi connectivity index (χ0v) is 10.3. The lowest BCUT2D eigenvalue weighted by molar-refractivity contribution is -0.0438. The molecular weight excluding hydrogens is 213 g/mol. The number of methoxy groups -OCH3 is 1. The Kier molecular flexibility index (Phi) is 4.13. The van der Waals surface area contributed by atoms with Crippen LogP contribution in [0.2, 0.25) is 0 Å². The largest absolute Gasteiger partial charge is 0.444 e. The summed E-state index contributed by atoms with van der Waals surface area (Å²) in [7, 11) is 1.52. The predicted octanol–water partition coefficient (Wildman–Crippen LogP) is 2.33. The van der Waals surface area contributed by atoms with Gasteiger partial charge in [0, 0.05) is 7.11 Å². The second-order valence-corrected chi connectivity index (χ2v) is 4.96. The van der Waals surface area contributed by atoms with Crippen LogP contribution in [0.3, 0.4) is 0 Å². The van der Waals surface area contributed by atoms with E-state index in [0.29, 0.717) is 12.8 Å². The van der Waals surface area contributed by atoms with Gasteiger partial charge in [-0.1, -0.05) is 0 Å². The highest BCUT2D eigenvalue weighted by Crippen LogP contribution is 2.27. The third-order valence-electron chi connectivity index (χ3n) is 2.50. The van der Waals surface area contributed by atoms with E-state index >= 15 is 0 Å². The van der Waals surface area contributed by atoms with Crippen LogP contribution in [0.1, 0.15) is 33.6 Å². The van der Waals surface area contributed by atoms with Crippen LogP contribution in [0.15, 0.2) is 0 Å². The predicted molar refractivity (Wildman–Crippen MR) is 57.9 cm³/mol. The molecule has 0 bridgehead atoms. The maximum absolute atomic E-state index is 12.7. The summed E-state index contributed by atoms with van der Waals surface area (Å²) in [6.07, 6.45) is 0.411. The van der Waals surface area contributed by atoms with Crippen molar-refractivity contribution in [2.24, 2.45) is 0 Å². The number of halogens is 1. The molecule has 1 unspecified atom stereocenters. The van der Waals surface area contributed by atoms with Gasteiger partial charge in [0.2, 0.25) is 0 Å². The number of carbonyl (C=O) groups is 1. The van der Waals surface area contributed by atoms with Crippen molar-refractivity contribution in [3.8, 4) is 0 Å². The molecule has 0 radical (unpaired) electrons. The Morgan fingerprint density at radius 3 is 2.50 bits per heavy atom. The third-order valence-corrected chi connectivity index (χ3v) is 2.50. The Labute approximate surface area is 95.7 Å². The van der Waals surface area contributed by atoms with Crippen molar-refractivity contribution >= 4 is 6.09 Å². The number of carbonyl (C=O) groups excluding carboxylic acids is 1. The van der Waals surface area contributed by atoms with Gasteiger partial charge in [-0.3, -0.25) is 4.90 Å². The highest BCUT2D eigenvalue weighted by molar-refractivity contribution is 5.69. The molecule has 16 heavy (non-hydrogen) atoms. The second kappa shape index (κ2) is 4.99. The molecule has 0 aromatic rings. The summed E-state index contributed by atoms with van der Waals surface area (Å²) in [5.41, 5.74) is -0.571. The van der Waals surface area contributed by atoms with Gasteiger partial charge in [-0.15, -0.1) is 0 Å². The van der Waals surface area contributed by atoms with E-state index in [2.05, 4.69) is 0 Å². The monoisotopic (exact) mass is 233 g/mol. The summed E-state index contributed by atoms with van der Waals surface area (Å²) in [6.45, 7) is 4.80. The summed E-state index contributed by atoms with van der Waals surface area (Å²) in [4.78, 5) is 13.2. The fraction of sp³-hybridized carbons (Fsp3) is 0.909. The molecule has 0 aromatic heterocycles. The van der Waals surface area contributed by atoms with E-state index in [1.165, 1.54) is 12.0 Å². The molecule has 1 fully saturated rings. The molecule has 4 nitrogen and oxygen atoms in total. The third kappa shape index (κ3) is 3.07. The summed E-state index contributed by atoms with van der Waals surface area (Å²) < 4.78 is 23.1. The lowest BCUT2D eigenvalue weighted by atomic mass is 10.2. The average Bonchev–Trinajstić information content (AvgIpc) is 2.57. The maximum Gasteiger partial charge on any atom is 0.412 e. The molecule has 5 heteroatoms. The second-order valence-electron chi connectivity index (χ2n) is 4.96. The van der Waals surface area contributed by atoms with Gasteiger partial charge in [-0.25, -0.2) is 9.18 Å². The van der Waals surface area contributed by atoms with Gasteiger partial charge in [-0.2, -0.15) is 0 Å². The molecule has 2 atom stereocenters. The molecule has 1 heterocycles. The molecular formula is C11H20FNO3. The number of ether oxygens (including phenoxy) is 2. The first-order valence-corrected chi connectivity index (χ1v) is 5.49. The maximum atomic E-state index is 12.7. The van der Waals surface area contributed by atoms with Gasteiger partial charge >= 0.3 is 6.09 Å². The summed E-state index contributed by atoms with van der Waals surface area (Å²) >= 11 is 0. The molecule has 94 valence electrons. The minimum atomic E-state index is -0.571. The number of alkyl halides is 1. The van der Waals surface area contributed by atoms with E-state index in [4.69, 9.17) is 9.47 Å². The van der Waals surface area contributed by atoms with Gasteiger partial charge < -0.3 is 9.47 Å². The molecule has 1 amide bonds. The average molecular weight is 233 g/mol. The fourth-order valence-corrected chi connectivity index (χ4v) is 1.81. The lowest BCUT2D eigenvalue weighted by Gasteiger charge is -2.30. The van der Waals surface area contributed by atoms with E-state index in [9.17, 15) is 9.18 Å². The van der Waals surface area contributed by atoms with Crippen molar-refractivity contribution < 1.29 is 18.7 Å². The van der Waals surface area contributed by atoms with Crippen molar-refractivity contribution in [3.05, 3.63) is 0 Å². The van der Waals surface area contributed by atoms with Crippen LogP contribution in [-0.4, -0.2) is 42.6 Å². The SMILES string of the molecule is COC1CC[C@H](CF)N1C(=O)OC(C)(C)C. The van der Waals surface area contributed by atoms with E-state index in [-0.39, 0.29) is 6.23 Å². The Morgan fingerprint density at radius 1 is 1.44 bits per heavy atom. The number of likely N-dealkylation sites (tertiary alicyclic amines) is 1. The van der Waals surface area contributed by atoms with E-state index < -0.39 is 24.4 Å². The minimum Gasteiger partial charge on any atom is -0.444 e. The van der Waals surface area contributed by atoms with E-state index in [0.717, 1.165) is 0 Å². The minimum absolute atomic E-state index is 0.365. The first-order valence-electron chi connectivity index (χ1n) is 5.49.